The van der Waals surface area contributed by atoms with Crippen LogP contribution in [0.25, 0.3) is 10.9 Å². The number of urea groups is 1. The van der Waals surface area contributed by atoms with Crippen LogP contribution < -0.4 is 10.6 Å². The van der Waals surface area contributed by atoms with Crippen molar-refractivity contribution in [3.05, 3.63) is 24.4 Å². The number of carbonyl (C=O) groups is 1. The molecule has 1 atom stereocenters. The molecule has 114 valence electrons. The molecule has 0 aliphatic carbocycles. The van der Waals surface area contributed by atoms with Crippen LogP contribution in [0, 0.1) is 5.92 Å². The topological polar surface area (TPSA) is 69.8 Å². The van der Waals surface area contributed by atoms with Crippen LogP contribution in [0.2, 0.25) is 0 Å². The van der Waals surface area contributed by atoms with Gasteiger partial charge in [-0.05, 0) is 24.1 Å². The van der Waals surface area contributed by atoms with E-state index in [1.807, 2.05) is 5.32 Å². The lowest BCUT2D eigenvalue weighted by atomic mass is 10.0. The number of nitrogens with one attached hydrogen (secondary N) is 3. The number of aromatic amines is 1. The second-order valence-corrected chi connectivity index (χ2v) is 5.03. The Morgan fingerprint density at radius 2 is 2.05 bits per heavy atom. The van der Waals surface area contributed by atoms with Crippen molar-refractivity contribution >= 4 is 22.6 Å². The predicted octanol–water partition coefficient (Wildman–Crippen LogP) is 3.27. The van der Waals surface area contributed by atoms with Gasteiger partial charge in [-0.25, -0.2) is 4.79 Å². The third kappa shape index (κ3) is 3.65. The highest BCUT2D eigenvalue weighted by Gasteiger charge is 2.42. The van der Waals surface area contributed by atoms with Crippen molar-refractivity contribution in [1.82, 2.24) is 15.5 Å². The van der Waals surface area contributed by atoms with Gasteiger partial charge < -0.3 is 10.6 Å². The number of amides is 2. The molecule has 21 heavy (non-hydrogen) atoms. The van der Waals surface area contributed by atoms with Crippen molar-refractivity contribution in [3.63, 3.8) is 0 Å². The van der Waals surface area contributed by atoms with Crippen LogP contribution in [0.1, 0.15) is 13.8 Å². The molecular weight excluding hydrogens is 285 g/mol. The first-order valence-electron chi connectivity index (χ1n) is 6.34. The first kappa shape index (κ1) is 15.1. The van der Waals surface area contributed by atoms with Gasteiger partial charge in [-0.2, -0.15) is 18.3 Å². The van der Waals surface area contributed by atoms with Crippen LogP contribution in [-0.2, 0) is 0 Å². The summed E-state index contributed by atoms with van der Waals surface area (Å²) in [5.41, 5.74) is 1.07. The molecule has 0 saturated heterocycles. The number of nitrogens with zero attached hydrogens (tertiary/aromatic N) is 1. The van der Waals surface area contributed by atoms with Crippen molar-refractivity contribution in [2.24, 2.45) is 5.92 Å². The predicted molar refractivity (Wildman–Crippen MR) is 72.9 cm³/mol. The molecule has 0 saturated carbocycles. The SMILES string of the molecule is CC(C)[C@@H](NC(=O)Nc1ccc2cn[nH]c2c1)C(F)(F)F. The number of carbonyl (C=O) groups excluding carboxylic acids is 1. The monoisotopic (exact) mass is 300 g/mol. The van der Waals surface area contributed by atoms with E-state index in [1.165, 1.54) is 13.8 Å². The molecule has 2 aromatic rings. The number of benzene rings is 1. The first-order chi connectivity index (χ1) is 9.77. The summed E-state index contributed by atoms with van der Waals surface area (Å²) in [5, 5.41) is 11.7. The summed E-state index contributed by atoms with van der Waals surface area (Å²) in [7, 11) is 0. The van der Waals surface area contributed by atoms with Gasteiger partial charge in [0.25, 0.3) is 0 Å². The number of hydrogen-bond donors (Lipinski definition) is 3. The summed E-state index contributed by atoms with van der Waals surface area (Å²) in [6, 6.07) is 2.10. The van der Waals surface area contributed by atoms with E-state index in [0.717, 1.165) is 5.39 Å². The number of alkyl halides is 3. The molecule has 0 fully saturated rings. The van der Waals surface area contributed by atoms with E-state index in [2.05, 4.69) is 15.5 Å². The average molecular weight is 300 g/mol. The normalized spacial score (nSPS) is 13.4. The zero-order valence-corrected chi connectivity index (χ0v) is 11.5. The maximum absolute atomic E-state index is 12.8. The highest BCUT2D eigenvalue weighted by atomic mass is 19.4. The average Bonchev–Trinajstić information content (AvgIpc) is 2.81. The van der Waals surface area contributed by atoms with Crippen molar-refractivity contribution in [1.29, 1.82) is 0 Å². The highest BCUT2D eigenvalue weighted by Crippen LogP contribution is 2.25. The molecule has 0 aliphatic rings. The Hall–Kier alpha value is -2.25. The Morgan fingerprint density at radius 1 is 1.33 bits per heavy atom. The molecule has 0 aliphatic heterocycles. The third-order valence-corrected chi connectivity index (χ3v) is 3.01. The molecule has 8 heteroatoms. The number of halogens is 3. The molecule has 0 spiro atoms. The van der Waals surface area contributed by atoms with Gasteiger partial charge in [-0.3, -0.25) is 5.10 Å². The molecule has 3 N–H and O–H groups in total. The Labute approximate surface area is 118 Å². The van der Waals surface area contributed by atoms with Gasteiger partial charge in [0.15, 0.2) is 0 Å². The fourth-order valence-corrected chi connectivity index (χ4v) is 1.95. The second kappa shape index (κ2) is 5.63. The van der Waals surface area contributed by atoms with Crippen LogP contribution in [-0.4, -0.2) is 28.4 Å². The largest absolute Gasteiger partial charge is 0.408 e. The zero-order chi connectivity index (χ0) is 15.6. The van der Waals surface area contributed by atoms with E-state index >= 15 is 0 Å². The Morgan fingerprint density at radius 3 is 2.67 bits per heavy atom. The smallest absolute Gasteiger partial charge is 0.326 e. The lowest BCUT2D eigenvalue weighted by Crippen LogP contribution is -2.50. The van der Waals surface area contributed by atoms with Gasteiger partial charge in [-0.1, -0.05) is 13.8 Å². The minimum absolute atomic E-state index is 0.383. The van der Waals surface area contributed by atoms with E-state index in [-0.39, 0.29) is 0 Å². The number of hydrogen-bond acceptors (Lipinski definition) is 2. The molecule has 1 heterocycles. The van der Waals surface area contributed by atoms with E-state index < -0.39 is 24.2 Å². The van der Waals surface area contributed by atoms with Gasteiger partial charge >= 0.3 is 12.2 Å². The molecule has 2 rings (SSSR count). The molecule has 2 amide bonds. The van der Waals surface area contributed by atoms with Crippen LogP contribution >= 0.6 is 0 Å². The Kier molecular flexibility index (Phi) is 4.06. The molecule has 0 unspecified atom stereocenters. The number of H-pyrrole nitrogens is 1. The number of fused-ring (bicyclic) bond motifs is 1. The van der Waals surface area contributed by atoms with Gasteiger partial charge in [0, 0.05) is 11.1 Å². The number of aromatic nitrogens is 2. The number of anilines is 1. The van der Waals surface area contributed by atoms with Crippen molar-refractivity contribution in [3.8, 4) is 0 Å². The van der Waals surface area contributed by atoms with Crippen LogP contribution in [0.5, 0.6) is 0 Å². The van der Waals surface area contributed by atoms with Gasteiger partial charge in [0.05, 0.1) is 11.7 Å². The van der Waals surface area contributed by atoms with Crippen LogP contribution in [0.3, 0.4) is 0 Å². The Bertz CT molecular complexity index is 636. The van der Waals surface area contributed by atoms with E-state index in [4.69, 9.17) is 0 Å². The third-order valence-electron chi connectivity index (χ3n) is 3.01. The Balaban J connectivity index is 2.06. The standard InChI is InChI=1S/C13H15F3N4O/c1-7(2)11(13(14,15)16)19-12(21)18-9-4-3-8-6-17-20-10(8)5-9/h3-7,11H,1-2H3,(H,17,20)(H2,18,19,21)/t11-/m1/s1. The molecule has 5 nitrogen and oxygen atoms in total. The number of rotatable bonds is 3. The lowest BCUT2D eigenvalue weighted by Gasteiger charge is -2.24. The second-order valence-electron chi connectivity index (χ2n) is 5.03. The quantitative estimate of drug-likeness (QED) is 0.814. The minimum atomic E-state index is -4.49. The summed E-state index contributed by atoms with van der Waals surface area (Å²) in [5.74, 6) is -0.758. The first-order valence-corrected chi connectivity index (χ1v) is 6.34. The summed E-state index contributed by atoms with van der Waals surface area (Å²) in [6.07, 6.45) is -2.88. The highest BCUT2D eigenvalue weighted by molar-refractivity contribution is 5.92. The molecule has 0 radical (unpaired) electrons. The van der Waals surface area contributed by atoms with Crippen molar-refractivity contribution < 1.29 is 18.0 Å². The van der Waals surface area contributed by atoms with Gasteiger partial charge in [-0.15, -0.1) is 0 Å². The lowest BCUT2D eigenvalue weighted by molar-refractivity contribution is -0.162. The van der Waals surface area contributed by atoms with Crippen LogP contribution in [0.15, 0.2) is 24.4 Å². The summed E-state index contributed by atoms with van der Waals surface area (Å²) < 4.78 is 38.3. The van der Waals surface area contributed by atoms with Gasteiger partial charge in [0.1, 0.15) is 6.04 Å². The molecule has 0 bridgehead atoms. The summed E-state index contributed by atoms with van der Waals surface area (Å²) >= 11 is 0. The van der Waals surface area contributed by atoms with E-state index in [0.29, 0.717) is 11.2 Å². The summed E-state index contributed by atoms with van der Waals surface area (Å²) in [4.78, 5) is 11.7. The summed E-state index contributed by atoms with van der Waals surface area (Å²) in [6.45, 7) is 2.80. The fraction of sp³-hybridized carbons (Fsp3) is 0.385. The molecule has 1 aromatic carbocycles. The van der Waals surface area contributed by atoms with Crippen molar-refractivity contribution in [2.75, 3.05) is 5.32 Å². The van der Waals surface area contributed by atoms with E-state index in [9.17, 15) is 18.0 Å². The fourth-order valence-electron chi connectivity index (χ4n) is 1.95. The molecular formula is C13H15F3N4O. The maximum atomic E-state index is 12.8. The van der Waals surface area contributed by atoms with Crippen LogP contribution in [0.4, 0.5) is 23.7 Å². The van der Waals surface area contributed by atoms with Crippen molar-refractivity contribution in [2.45, 2.75) is 26.1 Å². The molecule has 1 aromatic heterocycles. The minimum Gasteiger partial charge on any atom is -0.326 e. The maximum Gasteiger partial charge on any atom is 0.408 e. The van der Waals surface area contributed by atoms with Gasteiger partial charge in [0.2, 0.25) is 0 Å². The zero-order valence-electron chi connectivity index (χ0n) is 11.5. The van der Waals surface area contributed by atoms with E-state index in [1.54, 1.807) is 24.4 Å².